The van der Waals surface area contributed by atoms with Gasteiger partial charge < -0.3 is 35.4 Å². The lowest BCUT2D eigenvalue weighted by Gasteiger charge is -2.25. The van der Waals surface area contributed by atoms with Gasteiger partial charge in [0, 0.05) is 40.8 Å². The minimum atomic E-state index is -0.790. The maximum Gasteiger partial charge on any atom is 0.435 e. The summed E-state index contributed by atoms with van der Waals surface area (Å²) in [7, 11) is 0. The summed E-state index contributed by atoms with van der Waals surface area (Å²) in [5.74, 6) is 0.00326. The van der Waals surface area contributed by atoms with E-state index in [1.54, 1.807) is 84.1 Å². The van der Waals surface area contributed by atoms with E-state index >= 15 is 0 Å². The number of carbonyl (C=O) groups is 4. The fraction of sp³-hybridized carbons (Fsp3) is 0.191. The standard InChI is InChI=1S/C28H29N9O5S.C19H14N8OS/c1-27(2,3)41-25(39)36(18-7-8-20-17(11-18)13-32-37(20)26(40)42-28(4,5)6)24-35-34-23(43-24)16-9-10-30-21(12-16)33-22(38)19-14-29-15-31-19;28-17(15-9-21-10-23-15)25-16-6-11(3-4-22-16)18-26-27-19(29-18)24-14-2-1-12-7-20-8-13(12)5-14/h7-15H,1-6H3,(H,29,31)(H,30,33,38);1-6,8-10H,7H2,(H,21,23)(H,24,27)(H,22,25,28). The molecule has 8 heterocycles. The van der Waals surface area contributed by atoms with Crippen molar-refractivity contribution in [3.05, 3.63) is 127 Å². The number of aromatic nitrogens is 12. The smallest absolute Gasteiger partial charge is 0.435 e. The lowest BCUT2D eigenvalue weighted by Crippen LogP contribution is -2.33. The van der Waals surface area contributed by atoms with Gasteiger partial charge in [-0.15, -0.1) is 20.4 Å². The van der Waals surface area contributed by atoms with E-state index in [4.69, 9.17) is 9.47 Å². The zero-order valence-electron chi connectivity index (χ0n) is 39.2. The Balaban J connectivity index is 0.000000191. The molecule has 10 rings (SSSR count). The van der Waals surface area contributed by atoms with Gasteiger partial charge >= 0.3 is 12.2 Å². The summed E-state index contributed by atoms with van der Waals surface area (Å²) >= 11 is 2.56. The van der Waals surface area contributed by atoms with E-state index in [-0.39, 0.29) is 16.7 Å². The molecule has 9 aromatic rings. The number of hydrogen-bond acceptors (Lipinski definition) is 19. The Morgan fingerprint density at radius 1 is 0.708 bits per heavy atom. The number of amides is 3. The molecule has 0 radical (unpaired) electrons. The van der Waals surface area contributed by atoms with Crippen LogP contribution in [-0.4, -0.2) is 101 Å². The van der Waals surface area contributed by atoms with Crippen molar-refractivity contribution in [3.8, 4) is 21.1 Å². The van der Waals surface area contributed by atoms with Crippen molar-refractivity contribution in [2.45, 2.75) is 59.3 Å². The molecule has 1 aliphatic rings. The molecular weight excluding hydrogens is 963 g/mol. The zero-order valence-corrected chi connectivity index (χ0v) is 40.9. The highest BCUT2D eigenvalue weighted by Crippen LogP contribution is 2.36. The van der Waals surface area contributed by atoms with Gasteiger partial charge in [-0.2, -0.15) is 9.78 Å². The second kappa shape index (κ2) is 20.1. The van der Waals surface area contributed by atoms with Gasteiger partial charge in [0.25, 0.3) is 11.8 Å². The Labute approximate surface area is 417 Å². The SMILES string of the molecule is CC(C)(C)OC(=O)N(c1ccc2c(cnn2C(=O)OC(C)(C)C)c1)c1nnc(-c2ccnc(NC(=O)c3cnc[nH]3)c2)s1.O=C(Nc1cc(-c2nnc(Nc3ccc4c(c3)C=NC4)s2)ccn1)c1cnc[nH]1. The molecular formula is C47H43N17O6S2. The molecule has 5 N–H and O–H groups in total. The lowest BCUT2D eigenvalue weighted by molar-refractivity contribution is 0.0520. The summed E-state index contributed by atoms with van der Waals surface area (Å²) in [6.07, 6.45) is 11.0. The maximum atomic E-state index is 13.5. The number of benzene rings is 2. The third-order valence-corrected chi connectivity index (χ3v) is 11.7. The van der Waals surface area contributed by atoms with E-state index < -0.39 is 29.3 Å². The quantitative estimate of drug-likeness (QED) is 0.0853. The summed E-state index contributed by atoms with van der Waals surface area (Å²) in [6.45, 7) is 11.3. The Hall–Kier alpha value is -9.10. The van der Waals surface area contributed by atoms with Crippen LogP contribution in [0.2, 0.25) is 0 Å². The molecule has 364 valence electrons. The first-order chi connectivity index (χ1) is 34.5. The molecule has 23 nitrogen and oxygen atoms in total. The number of fused-ring (bicyclic) bond motifs is 2. The van der Waals surface area contributed by atoms with Crippen LogP contribution < -0.4 is 20.9 Å². The molecule has 0 saturated heterocycles. The summed E-state index contributed by atoms with van der Waals surface area (Å²) in [4.78, 5) is 77.9. The first kappa shape index (κ1) is 47.9. The van der Waals surface area contributed by atoms with Crippen molar-refractivity contribution in [2.24, 2.45) is 4.99 Å². The maximum absolute atomic E-state index is 13.5. The number of aromatic amines is 2. The molecule has 25 heteroatoms. The van der Waals surface area contributed by atoms with Crippen molar-refractivity contribution in [2.75, 3.05) is 20.9 Å². The number of hydrogen-bond donors (Lipinski definition) is 5. The normalized spacial score (nSPS) is 11.9. The fourth-order valence-electron chi connectivity index (χ4n) is 6.72. The van der Waals surface area contributed by atoms with Crippen LogP contribution in [-0.2, 0) is 16.0 Å². The molecule has 0 spiro atoms. The molecule has 7 aromatic heterocycles. The Kier molecular flexibility index (Phi) is 13.4. The fourth-order valence-corrected chi connectivity index (χ4v) is 8.33. The van der Waals surface area contributed by atoms with Crippen LogP contribution >= 0.6 is 22.7 Å². The topological polar surface area (TPSA) is 291 Å². The van der Waals surface area contributed by atoms with Gasteiger partial charge in [0.05, 0.1) is 49.0 Å². The Morgan fingerprint density at radius 2 is 1.35 bits per heavy atom. The second-order valence-corrected chi connectivity index (χ2v) is 19.5. The van der Waals surface area contributed by atoms with E-state index in [1.807, 2.05) is 24.4 Å². The van der Waals surface area contributed by atoms with Crippen molar-refractivity contribution in [1.82, 2.24) is 60.1 Å². The summed E-state index contributed by atoms with van der Waals surface area (Å²) in [5.41, 5.74) is 4.79. The number of carbonyl (C=O) groups excluding carboxylic acids is 4. The average molecular weight is 1010 g/mol. The number of anilines is 6. The molecule has 0 aliphatic carbocycles. The van der Waals surface area contributed by atoms with Gasteiger partial charge in [-0.25, -0.2) is 34.4 Å². The number of H-pyrrole nitrogens is 2. The molecule has 0 atom stereocenters. The van der Waals surface area contributed by atoms with Crippen LogP contribution in [0.3, 0.4) is 0 Å². The van der Waals surface area contributed by atoms with Crippen LogP contribution in [0.15, 0.2) is 109 Å². The second-order valence-electron chi connectivity index (χ2n) is 17.6. The predicted molar refractivity (Wildman–Crippen MR) is 270 cm³/mol. The van der Waals surface area contributed by atoms with E-state index in [0.29, 0.717) is 49.6 Å². The number of imidazole rings is 2. The molecule has 1 aliphatic heterocycles. The van der Waals surface area contributed by atoms with E-state index in [0.717, 1.165) is 44.4 Å². The third kappa shape index (κ3) is 11.5. The first-order valence-electron chi connectivity index (χ1n) is 21.9. The number of nitrogens with zero attached hydrogens (tertiary/aromatic N) is 12. The number of rotatable bonds is 10. The van der Waals surface area contributed by atoms with Crippen LogP contribution in [0.25, 0.3) is 32.0 Å². The summed E-state index contributed by atoms with van der Waals surface area (Å²) in [5, 5.41) is 32.6. The van der Waals surface area contributed by atoms with Crippen molar-refractivity contribution < 1.29 is 28.7 Å². The number of ether oxygens (including phenoxy) is 2. The highest BCUT2D eigenvalue weighted by Gasteiger charge is 2.29. The summed E-state index contributed by atoms with van der Waals surface area (Å²) in [6, 6.07) is 18.1. The molecule has 0 unspecified atom stereocenters. The van der Waals surface area contributed by atoms with Gasteiger partial charge in [0.15, 0.2) is 0 Å². The summed E-state index contributed by atoms with van der Waals surface area (Å²) < 4.78 is 12.3. The van der Waals surface area contributed by atoms with E-state index in [2.05, 4.69) is 82.4 Å². The van der Waals surface area contributed by atoms with Gasteiger partial charge in [0.2, 0.25) is 10.3 Å². The van der Waals surface area contributed by atoms with Gasteiger partial charge in [-0.1, -0.05) is 28.7 Å². The highest BCUT2D eigenvalue weighted by molar-refractivity contribution is 7.19. The predicted octanol–water partition coefficient (Wildman–Crippen LogP) is 9.03. The third-order valence-electron chi connectivity index (χ3n) is 9.85. The van der Waals surface area contributed by atoms with Gasteiger partial charge in [-0.05, 0) is 107 Å². The Bertz CT molecular complexity index is 3460. The van der Waals surface area contributed by atoms with Crippen molar-refractivity contribution in [1.29, 1.82) is 0 Å². The first-order valence-corrected chi connectivity index (χ1v) is 23.5. The van der Waals surface area contributed by atoms with Crippen LogP contribution in [0.1, 0.15) is 73.6 Å². The van der Waals surface area contributed by atoms with Crippen molar-refractivity contribution in [3.63, 3.8) is 0 Å². The minimum Gasteiger partial charge on any atom is -0.443 e. The van der Waals surface area contributed by atoms with Gasteiger partial charge in [-0.3, -0.25) is 14.6 Å². The molecule has 0 saturated carbocycles. The largest absolute Gasteiger partial charge is 0.443 e. The molecule has 2 aromatic carbocycles. The van der Waals surface area contributed by atoms with E-state index in [9.17, 15) is 19.2 Å². The van der Waals surface area contributed by atoms with Crippen LogP contribution in [0.4, 0.5) is 42.9 Å². The molecule has 72 heavy (non-hydrogen) atoms. The number of pyridine rings is 2. The lowest BCUT2D eigenvalue weighted by atomic mass is 10.1. The number of nitrogens with one attached hydrogen (secondary N) is 5. The molecule has 0 bridgehead atoms. The van der Waals surface area contributed by atoms with Crippen molar-refractivity contribution >= 4 is 97.1 Å². The zero-order chi connectivity index (χ0) is 50.6. The Morgan fingerprint density at radius 3 is 1.97 bits per heavy atom. The average Bonchev–Trinajstić information content (AvgIpc) is 4.20. The highest BCUT2D eigenvalue weighted by atomic mass is 32.1. The molecule has 3 amide bonds. The minimum absolute atomic E-state index is 0.239. The molecule has 0 fully saturated rings. The monoisotopic (exact) mass is 1010 g/mol. The van der Waals surface area contributed by atoms with Gasteiger partial charge in [0.1, 0.15) is 44.2 Å². The van der Waals surface area contributed by atoms with Crippen LogP contribution in [0.5, 0.6) is 0 Å². The van der Waals surface area contributed by atoms with E-state index in [1.165, 1.54) is 59.2 Å². The van der Waals surface area contributed by atoms with Crippen LogP contribution in [0, 0.1) is 0 Å². The number of aliphatic imine (C=N–C) groups is 1.